The number of aromatic nitrogens is 1. The molecule has 0 saturated carbocycles. The molecule has 2 aromatic carbocycles. The average Bonchev–Trinajstić information content (AvgIpc) is 3.12. The van der Waals surface area contributed by atoms with Gasteiger partial charge < -0.3 is 0 Å². The summed E-state index contributed by atoms with van der Waals surface area (Å²) in [6, 6.07) is 9.91. The lowest BCUT2D eigenvalue weighted by Gasteiger charge is -2.16. The summed E-state index contributed by atoms with van der Waals surface area (Å²) in [5.41, 5.74) is 6.86. The Morgan fingerprint density at radius 2 is 1.96 bits per heavy atom. The zero-order valence-electron chi connectivity index (χ0n) is 15.0. The predicted octanol–water partition coefficient (Wildman–Crippen LogP) is 6.15. The van der Waals surface area contributed by atoms with Crippen LogP contribution in [0.4, 0.5) is 5.69 Å². The number of aryl methyl sites for hydroxylation is 3. The van der Waals surface area contributed by atoms with Gasteiger partial charge >= 0.3 is 0 Å². The van der Waals surface area contributed by atoms with E-state index >= 15 is 0 Å². The molecule has 0 N–H and O–H groups in total. The highest BCUT2D eigenvalue weighted by Crippen LogP contribution is 2.31. The molecule has 0 radical (unpaired) electrons. The summed E-state index contributed by atoms with van der Waals surface area (Å²) in [4.78, 5) is 15.4. The molecular weight excluding hydrogens is 380 g/mol. The van der Waals surface area contributed by atoms with E-state index in [1.807, 2.05) is 6.92 Å². The number of hydrogen-bond acceptors (Lipinski definition) is 4. The van der Waals surface area contributed by atoms with Crippen molar-refractivity contribution in [3.63, 3.8) is 0 Å². The Balaban J connectivity index is 1.59. The van der Waals surface area contributed by atoms with Gasteiger partial charge in [0.25, 0.3) is 5.69 Å². The Labute approximate surface area is 167 Å². The molecule has 0 unspecified atom stereocenters. The Bertz CT molecular complexity index is 1030. The standard InChI is InChI=1S/C21H19ClN2O2S/c1-13-8-20(24(25)26)18(22)10-17(13)11-21-23-19(12-27-21)16-7-6-14-4-2-3-5-15(14)9-16/h6-10,12H,2-5,11H2,1H3. The highest BCUT2D eigenvalue weighted by atomic mass is 35.5. The minimum atomic E-state index is -0.448. The first-order valence-corrected chi connectivity index (χ1v) is 10.3. The van der Waals surface area contributed by atoms with Gasteiger partial charge in [0.1, 0.15) is 5.02 Å². The van der Waals surface area contributed by atoms with E-state index in [0.29, 0.717) is 6.42 Å². The Hall–Kier alpha value is -2.24. The van der Waals surface area contributed by atoms with Gasteiger partial charge in [-0.3, -0.25) is 10.1 Å². The molecule has 1 heterocycles. The van der Waals surface area contributed by atoms with E-state index in [1.165, 1.54) is 36.5 Å². The van der Waals surface area contributed by atoms with E-state index in [9.17, 15) is 10.1 Å². The van der Waals surface area contributed by atoms with Gasteiger partial charge in [-0.25, -0.2) is 4.98 Å². The van der Waals surface area contributed by atoms with E-state index in [-0.39, 0.29) is 10.7 Å². The van der Waals surface area contributed by atoms with Crippen LogP contribution in [-0.4, -0.2) is 9.91 Å². The summed E-state index contributed by atoms with van der Waals surface area (Å²) >= 11 is 7.69. The Kier molecular flexibility index (Phi) is 4.98. The third-order valence-electron chi connectivity index (χ3n) is 5.14. The number of fused-ring (bicyclic) bond motifs is 1. The Morgan fingerprint density at radius 1 is 1.19 bits per heavy atom. The normalized spacial score (nSPS) is 13.4. The Morgan fingerprint density at radius 3 is 2.74 bits per heavy atom. The second-order valence-electron chi connectivity index (χ2n) is 6.98. The van der Waals surface area contributed by atoms with Crippen LogP contribution in [0.2, 0.25) is 5.02 Å². The van der Waals surface area contributed by atoms with Crippen molar-refractivity contribution in [1.29, 1.82) is 0 Å². The van der Waals surface area contributed by atoms with Gasteiger partial charge in [0.2, 0.25) is 0 Å². The summed E-state index contributed by atoms with van der Waals surface area (Å²) in [7, 11) is 0. The number of rotatable bonds is 4. The quantitative estimate of drug-likeness (QED) is 0.391. The van der Waals surface area contributed by atoms with Crippen LogP contribution in [0.1, 0.15) is 40.1 Å². The molecule has 0 fully saturated rings. The van der Waals surface area contributed by atoms with Crippen molar-refractivity contribution in [3.8, 4) is 11.3 Å². The van der Waals surface area contributed by atoms with Gasteiger partial charge in [-0.2, -0.15) is 0 Å². The van der Waals surface area contributed by atoms with Crippen LogP contribution in [0.5, 0.6) is 0 Å². The fraction of sp³-hybridized carbons (Fsp3) is 0.286. The molecular formula is C21H19ClN2O2S. The van der Waals surface area contributed by atoms with Crippen LogP contribution < -0.4 is 0 Å². The first kappa shape index (κ1) is 18.1. The maximum absolute atomic E-state index is 11.0. The molecule has 0 saturated heterocycles. The highest BCUT2D eigenvalue weighted by molar-refractivity contribution is 7.10. The van der Waals surface area contributed by atoms with Gasteiger partial charge in [-0.15, -0.1) is 11.3 Å². The molecule has 0 aliphatic heterocycles. The van der Waals surface area contributed by atoms with Crippen LogP contribution in [0.15, 0.2) is 35.7 Å². The first-order chi connectivity index (χ1) is 13.0. The first-order valence-electron chi connectivity index (χ1n) is 9.01. The molecule has 4 nitrogen and oxygen atoms in total. The molecule has 0 atom stereocenters. The van der Waals surface area contributed by atoms with Crippen molar-refractivity contribution in [3.05, 3.63) is 78.1 Å². The molecule has 0 amide bonds. The molecule has 27 heavy (non-hydrogen) atoms. The van der Waals surface area contributed by atoms with Crippen molar-refractivity contribution in [1.82, 2.24) is 4.98 Å². The molecule has 0 spiro atoms. The monoisotopic (exact) mass is 398 g/mol. The smallest absolute Gasteiger partial charge is 0.258 e. The minimum absolute atomic E-state index is 0.0493. The van der Waals surface area contributed by atoms with Gasteiger partial charge in [0.05, 0.1) is 15.6 Å². The number of nitro benzene ring substituents is 1. The van der Waals surface area contributed by atoms with Crippen LogP contribution in [0.3, 0.4) is 0 Å². The van der Waals surface area contributed by atoms with Gasteiger partial charge in [-0.1, -0.05) is 23.7 Å². The predicted molar refractivity (Wildman–Crippen MR) is 110 cm³/mol. The maximum atomic E-state index is 11.0. The van der Waals surface area contributed by atoms with E-state index in [0.717, 1.165) is 33.8 Å². The van der Waals surface area contributed by atoms with Crippen molar-refractivity contribution < 1.29 is 4.92 Å². The number of thiazole rings is 1. The van der Waals surface area contributed by atoms with Crippen LogP contribution in [0.25, 0.3) is 11.3 Å². The molecule has 1 aromatic heterocycles. The number of halogens is 1. The lowest BCUT2D eigenvalue weighted by molar-refractivity contribution is -0.384. The molecule has 1 aliphatic carbocycles. The largest absolute Gasteiger partial charge is 0.288 e. The van der Waals surface area contributed by atoms with Crippen LogP contribution >= 0.6 is 22.9 Å². The summed E-state index contributed by atoms with van der Waals surface area (Å²) in [5, 5.41) is 14.3. The van der Waals surface area contributed by atoms with E-state index < -0.39 is 4.92 Å². The third-order valence-corrected chi connectivity index (χ3v) is 6.29. The molecule has 3 aromatic rings. The maximum Gasteiger partial charge on any atom is 0.288 e. The lowest BCUT2D eigenvalue weighted by Crippen LogP contribution is -2.02. The van der Waals surface area contributed by atoms with Gasteiger partial charge in [0.15, 0.2) is 0 Å². The summed E-state index contributed by atoms with van der Waals surface area (Å²) < 4.78 is 0. The number of nitro groups is 1. The average molecular weight is 399 g/mol. The van der Waals surface area contributed by atoms with Gasteiger partial charge in [-0.05, 0) is 67.0 Å². The second kappa shape index (κ2) is 7.41. The summed E-state index contributed by atoms with van der Waals surface area (Å²) in [6.07, 6.45) is 5.50. The van der Waals surface area contributed by atoms with E-state index in [4.69, 9.17) is 16.6 Å². The van der Waals surface area contributed by atoms with Crippen molar-refractivity contribution in [2.45, 2.75) is 39.0 Å². The lowest BCUT2D eigenvalue weighted by atomic mass is 9.90. The van der Waals surface area contributed by atoms with Gasteiger partial charge in [0, 0.05) is 23.4 Å². The van der Waals surface area contributed by atoms with Crippen molar-refractivity contribution >= 4 is 28.6 Å². The molecule has 4 rings (SSSR count). The zero-order valence-corrected chi connectivity index (χ0v) is 16.6. The van der Waals surface area contributed by atoms with E-state index in [1.54, 1.807) is 17.4 Å². The number of nitrogens with zero attached hydrogens (tertiary/aromatic N) is 2. The highest BCUT2D eigenvalue weighted by Gasteiger charge is 2.16. The summed E-state index contributed by atoms with van der Waals surface area (Å²) in [6.45, 7) is 1.87. The topological polar surface area (TPSA) is 56.0 Å². The van der Waals surface area contributed by atoms with E-state index in [2.05, 4.69) is 23.6 Å². The van der Waals surface area contributed by atoms with Crippen molar-refractivity contribution in [2.75, 3.05) is 0 Å². The minimum Gasteiger partial charge on any atom is -0.258 e. The summed E-state index contributed by atoms with van der Waals surface area (Å²) in [5.74, 6) is 0. The van der Waals surface area contributed by atoms with Crippen LogP contribution in [-0.2, 0) is 19.3 Å². The molecule has 1 aliphatic rings. The second-order valence-corrected chi connectivity index (χ2v) is 8.33. The zero-order chi connectivity index (χ0) is 19.0. The van der Waals surface area contributed by atoms with Crippen molar-refractivity contribution in [2.24, 2.45) is 0 Å². The molecule has 0 bridgehead atoms. The fourth-order valence-corrected chi connectivity index (χ4v) is 4.70. The SMILES string of the molecule is Cc1cc([N+](=O)[O-])c(Cl)cc1Cc1nc(-c2ccc3c(c2)CCCC3)cs1. The number of hydrogen-bond donors (Lipinski definition) is 0. The van der Waals surface area contributed by atoms with Crippen LogP contribution in [0, 0.1) is 17.0 Å². The molecule has 6 heteroatoms. The molecule has 138 valence electrons. The fourth-order valence-electron chi connectivity index (χ4n) is 3.62. The number of benzene rings is 2. The third kappa shape index (κ3) is 3.75.